The van der Waals surface area contributed by atoms with Gasteiger partial charge >= 0.3 is 5.97 Å². The highest BCUT2D eigenvalue weighted by molar-refractivity contribution is 5.80. The maximum absolute atomic E-state index is 14.7. The minimum atomic E-state index is -1.00. The molecule has 1 N–H and O–H groups in total. The molecule has 0 amide bonds. The van der Waals surface area contributed by atoms with Gasteiger partial charge < -0.3 is 9.84 Å². The third-order valence-corrected chi connectivity index (χ3v) is 6.27. The van der Waals surface area contributed by atoms with Gasteiger partial charge in [-0.3, -0.25) is 4.79 Å². The number of halogens is 2. The third-order valence-electron chi connectivity index (χ3n) is 6.27. The smallest absolute Gasteiger partial charge is 0.329 e. The zero-order chi connectivity index (χ0) is 24.1. The first-order valence-corrected chi connectivity index (χ1v) is 11.3. The molecular weight excluding hydrogens is 442 g/mol. The van der Waals surface area contributed by atoms with Crippen LogP contribution >= 0.6 is 0 Å². The zero-order valence-corrected chi connectivity index (χ0v) is 18.6. The Kier molecular flexibility index (Phi) is 7.47. The molecule has 0 bridgehead atoms. The van der Waals surface area contributed by atoms with Gasteiger partial charge in [-0.25, -0.2) is 18.3 Å². The van der Waals surface area contributed by atoms with Crippen LogP contribution < -0.4 is 5.56 Å². The van der Waals surface area contributed by atoms with Crippen LogP contribution in [-0.2, 0) is 16.1 Å². The maximum Gasteiger partial charge on any atom is 0.329 e. The van der Waals surface area contributed by atoms with E-state index in [1.54, 1.807) is 12.1 Å². The van der Waals surface area contributed by atoms with Gasteiger partial charge in [0, 0.05) is 23.7 Å². The van der Waals surface area contributed by atoms with Crippen molar-refractivity contribution in [2.24, 2.45) is 11.8 Å². The molecule has 8 heteroatoms. The average Bonchev–Trinajstić information content (AvgIpc) is 2.83. The van der Waals surface area contributed by atoms with Gasteiger partial charge in [-0.15, -0.1) is 0 Å². The molecule has 1 saturated carbocycles. The van der Waals surface area contributed by atoms with Crippen molar-refractivity contribution in [1.29, 1.82) is 0 Å². The number of hydrogen-bond acceptors (Lipinski definition) is 4. The lowest BCUT2D eigenvalue weighted by molar-refractivity contribution is -0.142. The summed E-state index contributed by atoms with van der Waals surface area (Å²) < 4.78 is 35.3. The van der Waals surface area contributed by atoms with Crippen LogP contribution in [0.25, 0.3) is 22.4 Å². The molecular formula is C26H26F2N2O4. The quantitative estimate of drug-likeness (QED) is 0.515. The molecule has 1 aliphatic carbocycles. The van der Waals surface area contributed by atoms with Crippen molar-refractivity contribution in [2.45, 2.75) is 32.2 Å². The van der Waals surface area contributed by atoms with Crippen LogP contribution in [0.5, 0.6) is 0 Å². The molecule has 4 rings (SSSR count). The molecule has 1 aromatic heterocycles. The summed E-state index contributed by atoms with van der Waals surface area (Å²) in [6.07, 6.45) is 3.43. The Morgan fingerprint density at radius 3 is 2.41 bits per heavy atom. The molecule has 1 fully saturated rings. The van der Waals surface area contributed by atoms with Gasteiger partial charge in [-0.05, 0) is 55.2 Å². The van der Waals surface area contributed by atoms with Gasteiger partial charge in [0.05, 0.1) is 6.61 Å². The van der Waals surface area contributed by atoms with Gasteiger partial charge in [0.2, 0.25) is 0 Å². The van der Waals surface area contributed by atoms with E-state index in [0.717, 1.165) is 31.7 Å². The fraction of sp³-hybridized carbons (Fsp3) is 0.346. The molecule has 0 spiro atoms. The van der Waals surface area contributed by atoms with E-state index < -0.39 is 17.6 Å². The molecule has 0 aliphatic heterocycles. The summed E-state index contributed by atoms with van der Waals surface area (Å²) in [5.41, 5.74) is 1.07. The first kappa shape index (κ1) is 23.8. The van der Waals surface area contributed by atoms with Crippen LogP contribution in [0.15, 0.2) is 59.4 Å². The van der Waals surface area contributed by atoms with Crippen molar-refractivity contribution in [2.75, 3.05) is 13.2 Å². The minimum Gasteiger partial charge on any atom is -0.480 e. The van der Waals surface area contributed by atoms with Crippen molar-refractivity contribution >= 4 is 5.97 Å². The second-order valence-electron chi connectivity index (χ2n) is 8.69. The summed E-state index contributed by atoms with van der Waals surface area (Å²) >= 11 is 0. The Morgan fingerprint density at radius 1 is 1.00 bits per heavy atom. The molecule has 3 aromatic rings. The highest BCUT2D eigenvalue weighted by Crippen LogP contribution is 2.33. The molecule has 6 nitrogen and oxygen atoms in total. The Morgan fingerprint density at radius 2 is 1.71 bits per heavy atom. The normalized spacial score (nSPS) is 18.1. The lowest BCUT2D eigenvalue weighted by Crippen LogP contribution is -2.29. The van der Waals surface area contributed by atoms with E-state index in [-0.39, 0.29) is 35.3 Å². The van der Waals surface area contributed by atoms with Crippen LogP contribution in [-0.4, -0.2) is 34.1 Å². The van der Waals surface area contributed by atoms with E-state index >= 15 is 0 Å². The molecule has 2 aromatic carbocycles. The summed E-state index contributed by atoms with van der Waals surface area (Å²) in [6.45, 7) is 0.485. The fourth-order valence-electron chi connectivity index (χ4n) is 4.48. The Hall–Kier alpha value is -3.39. The molecule has 178 valence electrons. The SMILES string of the molecule is O=C(O)COC[C@H]1CC[C@@H](Cn2nc(-c3cccc(F)c3F)c(-c3ccccc3)cc2=O)CC1. The highest BCUT2D eigenvalue weighted by Gasteiger charge is 2.24. The highest BCUT2D eigenvalue weighted by atomic mass is 19.2. The summed E-state index contributed by atoms with van der Waals surface area (Å²) in [5.74, 6) is -2.46. The van der Waals surface area contributed by atoms with Gasteiger partial charge in [0.1, 0.15) is 12.3 Å². The number of ether oxygens (including phenoxy) is 1. The minimum absolute atomic E-state index is 0.00638. The molecule has 0 unspecified atom stereocenters. The van der Waals surface area contributed by atoms with Gasteiger partial charge in [-0.1, -0.05) is 36.4 Å². The monoisotopic (exact) mass is 468 g/mol. The van der Waals surface area contributed by atoms with Crippen LogP contribution in [0.1, 0.15) is 25.7 Å². The Labute approximate surface area is 195 Å². The number of carboxylic acids is 1. The second-order valence-corrected chi connectivity index (χ2v) is 8.69. The van der Waals surface area contributed by atoms with E-state index in [9.17, 15) is 18.4 Å². The van der Waals surface area contributed by atoms with E-state index in [1.165, 1.54) is 22.9 Å². The van der Waals surface area contributed by atoms with Crippen LogP contribution in [0.2, 0.25) is 0 Å². The largest absolute Gasteiger partial charge is 0.480 e. The van der Waals surface area contributed by atoms with Gasteiger partial charge in [0.15, 0.2) is 11.6 Å². The van der Waals surface area contributed by atoms with Crippen molar-refractivity contribution in [3.05, 3.63) is 76.6 Å². The number of benzene rings is 2. The lowest BCUT2D eigenvalue weighted by atomic mass is 9.82. The molecule has 0 atom stereocenters. The predicted octanol–water partition coefficient (Wildman–Crippen LogP) is 4.76. The van der Waals surface area contributed by atoms with Crippen LogP contribution in [0.3, 0.4) is 0 Å². The summed E-state index contributed by atoms with van der Waals surface area (Å²) in [5, 5.41) is 13.2. The van der Waals surface area contributed by atoms with Crippen molar-refractivity contribution in [3.8, 4) is 22.4 Å². The van der Waals surface area contributed by atoms with Gasteiger partial charge in [-0.2, -0.15) is 5.10 Å². The molecule has 34 heavy (non-hydrogen) atoms. The number of rotatable bonds is 8. The van der Waals surface area contributed by atoms with E-state index in [2.05, 4.69) is 5.10 Å². The van der Waals surface area contributed by atoms with E-state index in [0.29, 0.717) is 24.3 Å². The Bertz CT molecular complexity index is 1210. The average molecular weight is 469 g/mol. The molecule has 1 heterocycles. The predicted molar refractivity (Wildman–Crippen MR) is 123 cm³/mol. The maximum atomic E-state index is 14.7. The number of aromatic nitrogens is 2. The number of aliphatic carboxylic acids is 1. The first-order chi connectivity index (χ1) is 16.4. The number of carbonyl (C=O) groups is 1. The van der Waals surface area contributed by atoms with Gasteiger partial charge in [0.25, 0.3) is 5.56 Å². The summed E-state index contributed by atoms with van der Waals surface area (Å²) in [7, 11) is 0. The fourth-order valence-corrected chi connectivity index (χ4v) is 4.48. The standard InChI is InChI=1S/C26H26F2N2O4/c27-22-8-4-7-20(25(22)28)26-21(19-5-2-1-3-6-19)13-23(31)30(29-26)14-17-9-11-18(12-10-17)15-34-16-24(32)33/h1-8,13,17-18H,9-12,14-16H2,(H,32,33)/t17-,18+. The summed E-state index contributed by atoms with van der Waals surface area (Å²) in [6, 6.07) is 14.4. The number of carboxylic acid groups (broad SMARTS) is 1. The van der Waals surface area contributed by atoms with E-state index in [1.807, 2.05) is 18.2 Å². The lowest BCUT2D eigenvalue weighted by Gasteiger charge is -2.28. The zero-order valence-electron chi connectivity index (χ0n) is 18.6. The Balaban J connectivity index is 1.58. The number of hydrogen-bond donors (Lipinski definition) is 1. The van der Waals surface area contributed by atoms with Crippen LogP contribution in [0.4, 0.5) is 8.78 Å². The van der Waals surface area contributed by atoms with Crippen LogP contribution in [0, 0.1) is 23.5 Å². The topological polar surface area (TPSA) is 81.4 Å². The third kappa shape index (κ3) is 5.56. The molecule has 0 radical (unpaired) electrons. The van der Waals surface area contributed by atoms with E-state index in [4.69, 9.17) is 9.84 Å². The first-order valence-electron chi connectivity index (χ1n) is 11.3. The second kappa shape index (κ2) is 10.7. The molecule has 0 saturated heterocycles. The number of nitrogens with zero attached hydrogens (tertiary/aromatic N) is 2. The molecule has 1 aliphatic rings. The van der Waals surface area contributed by atoms with Crippen molar-refractivity contribution in [1.82, 2.24) is 9.78 Å². The summed E-state index contributed by atoms with van der Waals surface area (Å²) in [4.78, 5) is 23.6. The van der Waals surface area contributed by atoms with Crippen molar-refractivity contribution < 1.29 is 23.4 Å². The van der Waals surface area contributed by atoms with Crippen molar-refractivity contribution in [3.63, 3.8) is 0 Å².